The molecule has 1 aromatic heterocycles. The summed E-state index contributed by atoms with van der Waals surface area (Å²) in [5.41, 5.74) is 0.948. The quantitative estimate of drug-likeness (QED) is 0.785. The Kier molecular flexibility index (Phi) is 4.98. The van der Waals surface area contributed by atoms with Crippen molar-refractivity contribution in [2.24, 2.45) is 0 Å². The number of anilines is 1. The molecule has 16 heavy (non-hydrogen) atoms. The second-order valence-electron chi connectivity index (χ2n) is 3.68. The third kappa shape index (κ3) is 3.34. The summed E-state index contributed by atoms with van der Waals surface area (Å²) in [6.07, 6.45) is 1.51. The first-order valence-corrected chi connectivity index (χ1v) is 5.47. The monoisotopic (exact) mass is 224 g/mol. The van der Waals surface area contributed by atoms with Gasteiger partial charge in [-0.2, -0.15) is 0 Å². The topological polar surface area (TPSA) is 50.3 Å². The third-order valence-corrected chi connectivity index (χ3v) is 2.56. The zero-order chi connectivity index (χ0) is 12.0. The van der Waals surface area contributed by atoms with Crippen LogP contribution in [0.3, 0.4) is 0 Å². The molecule has 5 heteroatoms. The Bertz CT molecular complexity index is 330. The first kappa shape index (κ1) is 12.7. The maximum atomic E-state index is 5.13. The van der Waals surface area contributed by atoms with Gasteiger partial charge in [-0.1, -0.05) is 6.92 Å². The molecule has 90 valence electrons. The minimum atomic E-state index is 0.626. The molecule has 0 unspecified atom stereocenters. The van der Waals surface area contributed by atoms with E-state index in [1.165, 1.54) is 6.33 Å². The smallest absolute Gasteiger partial charge is 0.221 e. The van der Waals surface area contributed by atoms with Crippen LogP contribution in [0.25, 0.3) is 0 Å². The van der Waals surface area contributed by atoms with Gasteiger partial charge in [0.05, 0.1) is 12.7 Å². The van der Waals surface area contributed by atoms with Gasteiger partial charge in [-0.25, -0.2) is 9.97 Å². The molecule has 0 aliphatic rings. The molecule has 0 atom stereocenters. The van der Waals surface area contributed by atoms with Crippen molar-refractivity contribution in [3.05, 3.63) is 11.9 Å². The van der Waals surface area contributed by atoms with Gasteiger partial charge in [-0.05, 0) is 20.5 Å². The summed E-state index contributed by atoms with van der Waals surface area (Å²) < 4.78 is 5.13. The van der Waals surface area contributed by atoms with Crippen LogP contribution in [0.4, 0.5) is 5.82 Å². The number of likely N-dealkylation sites (N-methyl/N-ethyl adjacent to an activating group) is 1. The van der Waals surface area contributed by atoms with Crippen LogP contribution in [0.2, 0.25) is 0 Å². The van der Waals surface area contributed by atoms with Crippen LogP contribution < -0.4 is 10.1 Å². The predicted octanol–water partition coefficient (Wildman–Crippen LogP) is 1.16. The Hall–Kier alpha value is -1.36. The summed E-state index contributed by atoms with van der Waals surface area (Å²) in [7, 11) is 3.71. The van der Waals surface area contributed by atoms with Crippen LogP contribution in [0.5, 0.6) is 5.88 Å². The first-order valence-electron chi connectivity index (χ1n) is 5.47. The highest BCUT2D eigenvalue weighted by Gasteiger charge is 2.06. The Morgan fingerprint density at radius 1 is 1.44 bits per heavy atom. The van der Waals surface area contributed by atoms with Gasteiger partial charge in [-0.15, -0.1) is 0 Å². The van der Waals surface area contributed by atoms with Crippen molar-refractivity contribution in [2.45, 2.75) is 13.8 Å². The van der Waals surface area contributed by atoms with E-state index in [4.69, 9.17) is 4.74 Å². The van der Waals surface area contributed by atoms with Gasteiger partial charge in [0, 0.05) is 13.1 Å². The summed E-state index contributed by atoms with van der Waals surface area (Å²) in [6, 6.07) is 0. The van der Waals surface area contributed by atoms with E-state index >= 15 is 0 Å². The van der Waals surface area contributed by atoms with Crippen molar-refractivity contribution in [2.75, 3.05) is 39.1 Å². The van der Waals surface area contributed by atoms with E-state index in [1.54, 1.807) is 7.11 Å². The second-order valence-corrected chi connectivity index (χ2v) is 3.68. The van der Waals surface area contributed by atoms with Crippen LogP contribution in [0.15, 0.2) is 6.33 Å². The van der Waals surface area contributed by atoms with E-state index in [9.17, 15) is 0 Å². The number of aromatic nitrogens is 2. The van der Waals surface area contributed by atoms with Gasteiger partial charge in [0.2, 0.25) is 5.88 Å². The highest BCUT2D eigenvalue weighted by molar-refractivity contribution is 5.47. The molecule has 1 aromatic rings. The largest absolute Gasteiger partial charge is 0.481 e. The minimum Gasteiger partial charge on any atom is -0.481 e. The van der Waals surface area contributed by atoms with Crippen LogP contribution in [-0.4, -0.2) is 48.7 Å². The number of rotatable bonds is 6. The molecule has 0 aliphatic carbocycles. The molecule has 0 saturated carbocycles. The van der Waals surface area contributed by atoms with Crippen molar-refractivity contribution in [3.8, 4) is 5.88 Å². The van der Waals surface area contributed by atoms with E-state index in [0.29, 0.717) is 5.88 Å². The fourth-order valence-corrected chi connectivity index (χ4v) is 1.34. The molecule has 1 rings (SSSR count). The molecule has 0 spiro atoms. The standard InChI is InChI=1S/C11H20N4O/c1-5-15(3)7-6-12-10-9(2)11(16-4)14-8-13-10/h8H,5-7H2,1-4H3,(H,12,13,14). The first-order chi connectivity index (χ1) is 7.69. The molecule has 0 amide bonds. The molecular weight excluding hydrogens is 204 g/mol. The molecule has 0 aliphatic heterocycles. The Morgan fingerprint density at radius 3 is 2.81 bits per heavy atom. The van der Waals surface area contributed by atoms with Gasteiger partial charge in [-0.3, -0.25) is 0 Å². The summed E-state index contributed by atoms with van der Waals surface area (Å²) in [5, 5.41) is 3.28. The van der Waals surface area contributed by atoms with Crippen molar-refractivity contribution in [1.82, 2.24) is 14.9 Å². The van der Waals surface area contributed by atoms with Crippen molar-refractivity contribution in [3.63, 3.8) is 0 Å². The molecule has 1 N–H and O–H groups in total. The lowest BCUT2D eigenvalue weighted by atomic mass is 10.3. The molecule has 0 saturated heterocycles. The highest BCUT2D eigenvalue weighted by Crippen LogP contribution is 2.19. The number of hydrogen-bond acceptors (Lipinski definition) is 5. The lowest BCUT2D eigenvalue weighted by Gasteiger charge is -2.15. The Morgan fingerprint density at radius 2 is 2.19 bits per heavy atom. The van der Waals surface area contributed by atoms with Crippen LogP contribution in [0.1, 0.15) is 12.5 Å². The third-order valence-electron chi connectivity index (χ3n) is 2.56. The van der Waals surface area contributed by atoms with Crippen LogP contribution >= 0.6 is 0 Å². The fraction of sp³-hybridized carbons (Fsp3) is 0.636. The summed E-state index contributed by atoms with van der Waals surface area (Å²) >= 11 is 0. The van der Waals surface area contributed by atoms with E-state index in [1.807, 2.05) is 6.92 Å². The normalized spacial score (nSPS) is 10.6. The van der Waals surface area contributed by atoms with Gasteiger partial charge >= 0.3 is 0 Å². The molecule has 0 radical (unpaired) electrons. The average molecular weight is 224 g/mol. The maximum absolute atomic E-state index is 5.13. The van der Waals surface area contributed by atoms with Gasteiger partial charge < -0.3 is 15.0 Å². The van der Waals surface area contributed by atoms with Crippen molar-refractivity contribution < 1.29 is 4.74 Å². The number of nitrogens with one attached hydrogen (secondary N) is 1. The molecule has 0 aromatic carbocycles. The van der Waals surface area contributed by atoms with Crippen molar-refractivity contribution >= 4 is 5.82 Å². The summed E-state index contributed by atoms with van der Waals surface area (Å²) in [6.45, 7) is 6.99. The lowest BCUT2D eigenvalue weighted by Crippen LogP contribution is -2.25. The molecule has 0 bridgehead atoms. The lowest BCUT2D eigenvalue weighted by molar-refractivity contribution is 0.366. The minimum absolute atomic E-state index is 0.626. The maximum Gasteiger partial charge on any atom is 0.221 e. The molecule has 5 nitrogen and oxygen atoms in total. The molecule has 0 fully saturated rings. The zero-order valence-corrected chi connectivity index (χ0v) is 10.4. The average Bonchev–Trinajstić information content (AvgIpc) is 2.31. The Labute approximate surface area is 96.8 Å². The molecule has 1 heterocycles. The van der Waals surface area contributed by atoms with E-state index < -0.39 is 0 Å². The van der Waals surface area contributed by atoms with Crippen LogP contribution in [0, 0.1) is 6.92 Å². The summed E-state index contributed by atoms with van der Waals surface area (Å²) in [4.78, 5) is 10.5. The predicted molar refractivity (Wildman–Crippen MR) is 65.0 cm³/mol. The number of ether oxygens (including phenoxy) is 1. The van der Waals surface area contributed by atoms with Gasteiger partial charge in [0.15, 0.2) is 0 Å². The van der Waals surface area contributed by atoms with Crippen LogP contribution in [-0.2, 0) is 0 Å². The second kappa shape index (κ2) is 6.27. The van der Waals surface area contributed by atoms with E-state index in [2.05, 4.69) is 34.2 Å². The van der Waals surface area contributed by atoms with Crippen molar-refractivity contribution in [1.29, 1.82) is 0 Å². The molecular formula is C11H20N4O. The zero-order valence-electron chi connectivity index (χ0n) is 10.4. The number of nitrogens with zero attached hydrogens (tertiary/aromatic N) is 3. The Balaban J connectivity index is 2.54. The fourth-order valence-electron chi connectivity index (χ4n) is 1.34. The van der Waals surface area contributed by atoms with E-state index in [0.717, 1.165) is 31.0 Å². The summed E-state index contributed by atoms with van der Waals surface area (Å²) in [5.74, 6) is 1.47. The number of methoxy groups -OCH3 is 1. The van der Waals surface area contributed by atoms with Gasteiger partial charge in [0.1, 0.15) is 12.1 Å². The highest BCUT2D eigenvalue weighted by atomic mass is 16.5. The SMILES string of the molecule is CCN(C)CCNc1ncnc(OC)c1C. The number of hydrogen-bond donors (Lipinski definition) is 1. The van der Waals surface area contributed by atoms with E-state index in [-0.39, 0.29) is 0 Å². The van der Waals surface area contributed by atoms with Gasteiger partial charge in [0.25, 0.3) is 0 Å².